The molecule has 1 N–H and O–H groups in total. The highest BCUT2D eigenvalue weighted by Gasteiger charge is 2.34. The standard InChI is InChI=1S/C21H17F3N6O3S/c1-11-17(27-29-30(11)16-7-5-4-6-15(16)21(22,23)24)18-25-20(34-28-18)26-19(31)12-8-13(32-2)10-14(9-12)33-3/h4-10H,1-3H3,(H,25,26,28,31). The monoisotopic (exact) mass is 490 g/mol. The van der Waals surface area contributed by atoms with E-state index < -0.39 is 17.6 Å². The molecule has 0 aliphatic heterocycles. The number of methoxy groups -OCH3 is 2. The molecule has 0 aliphatic rings. The normalized spacial score (nSPS) is 11.4. The number of para-hydroxylation sites is 1. The highest BCUT2D eigenvalue weighted by atomic mass is 32.1. The zero-order valence-electron chi connectivity index (χ0n) is 18.0. The van der Waals surface area contributed by atoms with Gasteiger partial charge in [0, 0.05) is 23.2 Å². The van der Waals surface area contributed by atoms with Crippen molar-refractivity contribution >= 4 is 22.6 Å². The molecule has 13 heteroatoms. The molecule has 0 saturated heterocycles. The topological polar surface area (TPSA) is 104 Å². The lowest BCUT2D eigenvalue weighted by Crippen LogP contribution is -2.12. The highest BCUT2D eigenvalue weighted by molar-refractivity contribution is 7.10. The van der Waals surface area contributed by atoms with Gasteiger partial charge in [0.05, 0.1) is 31.2 Å². The van der Waals surface area contributed by atoms with Gasteiger partial charge in [0.25, 0.3) is 5.91 Å². The van der Waals surface area contributed by atoms with Crippen LogP contribution in [0.15, 0.2) is 42.5 Å². The van der Waals surface area contributed by atoms with E-state index in [1.54, 1.807) is 13.0 Å². The van der Waals surface area contributed by atoms with Gasteiger partial charge in [-0.3, -0.25) is 10.1 Å². The Morgan fingerprint density at radius 2 is 1.76 bits per heavy atom. The predicted molar refractivity (Wildman–Crippen MR) is 118 cm³/mol. The van der Waals surface area contributed by atoms with E-state index in [4.69, 9.17) is 9.47 Å². The van der Waals surface area contributed by atoms with Crippen LogP contribution in [0.2, 0.25) is 0 Å². The van der Waals surface area contributed by atoms with Gasteiger partial charge in [-0.25, -0.2) is 4.68 Å². The predicted octanol–water partition coefficient (Wildman–Crippen LogP) is 4.38. The molecule has 0 fully saturated rings. The van der Waals surface area contributed by atoms with Crippen LogP contribution in [0.4, 0.5) is 18.3 Å². The molecular weight excluding hydrogens is 473 g/mol. The molecule has 0 atom stereocenters. The number of carbonyl (C=O) groups excluding carboxylic acids is 1. The molecule has 2 heterocycles. The third kappa shape index (κ3) is 4.55. The number of aromatic nitrogens is 5. The quantitative estimate of drug-likeness (QED) is 0.428. The number of hydrogen-bond acceptors (Lipinski definition) is 8. The zero-order valence-corrected chi connectivity index (χ0v) is 18.9. The third-order valence-electron chi connectivity index (χ3n) is 4.80. The molecule has 0 spiro atoms. The number of alkyl halides is 3. The maximum absolute atomic E-state index is 13.4. The Morgan fingerprint density at radius 1 is 1.09 bits per heavy atom. The van der Waals surface area contributed by atoms with E-state index in [-0.39, 0.29) is 27.9 Å². The Morgan fingerprint density at radius 3 is 2.41 bits per heavy atom. The van der Waals surface area contributed by atoms with Crippen molar-refractivity contribution in [3.63, 3.8) is 0 Å². The summed E-state index contributed by atoms with van der Waals surface area (Å²) in [6, 6.07) is 9.75. The van der Waals surface area contributed by atoms with Gasteiger partial charge in [-0.1, -0.05) is 17.3 Å². The van der Waals surface area contributed by atoms with E-state index in [9.17, 15) is 18.0 Å². The van der Waals surface area contributed by atoms with Gasteiger partial charge < -0.3 is 9.47 Å². The third-order valence-corrected chi connectivity index (χ3v) is 5.43. The molecule has 1 amide bonds. The molecule has 0 radical (unpaired) electrons. The van der Waals surface area contributed by atoms with Crippen molar-refractivity contribution in [2.24, 2.45) is 0 Å². The minimum absolute atomic E-state index is 0.122. The molecule has 4 rings (SSSR count). The van der Waals surface area contributed by atoms with E-state index in [1.807, 2.05) is 0 Å². The maximum atomic E-state index is 13.4. The number of amides is 1. The van der Waals surface area contributed by atoms with Crippen molar-refractivity contribution in [1.29, 1.82) is 0 Å². The second kappa shape index (κ2) is 9.09. The van der Waals surface area contributed by atoms with Crippen molar-refractivity contribution in [1.82, 2.24) is 24.4 Å². The summed E-state index contributed by atoms with van der Waals surface area (Å²) in [5.74, 6) is 0.527. The van der Waals surface area contributed by atoms with E-state index in [0.29, 0.717) is 17.2 Å². The molecule has 4 aromatic rings. The minimum Gasteiger partial charge on any atom is -0.497 e. The molecule has 0 bridgehead atoms. The minimum atomic E-state index is -4.56. The SMILES string of the molecule is COc1cc(OC)cc(C(=O)Nc2nc(-c3nnn(-c4ccccc4C(F)(F)F)c3C)ns2)c1. The van der Waals surface area contributed by atoms with Gasteiger partial charge in [0.1, 0.15) is 11.5 Å². The van der Waals surface area contributed by atoms with Crippen LogP contribution in [-0.4, -0.2) is 44.5 Å². The number of halogens is 3. The Labute approximate surface area is 195 Å². The van der Waals surface area contributed by atoms with Gasteiger partial charge in [0.15, 0.2) is 11.5 Å². The summed E-state index contributed by atoms with van der Waals surface area (Å²) in [6.07, 6.45) is -4.56. The first-order valence-corrected chi connectivity index (χ1v) is 10.5. The van der Waals surface area contributed by atoms with Gasteiger partial charge in [-0.05, 0) is 31.2 Å². The van der Waals surface area contributed by atoms with Gasteiger partial charge >= 0.3 is 6.18 Å². The summed E-state index contributed by atoms with van der Waals surface area (Å²) in [6.45, 7) is 1.56. The van der Waals surface area contributed by atoms with Crippen molar-refractivity contribution < 1.29 is 27.4 Å². The first-order chi connectivity index (χ1) is 16.2. The van der Waals surface area contributed by atoms with Gasteiger partial charge in [0.2, 0.25) is 5.13 Å². The van der Waals surface area contributed by atoms with E-state index in [2.05, 4.69) is 25.0 Å². The Hall–Kier alpha value is -4.00. The molecule has 0 unspecified atom stereocenters. The number of rotatable bonds is 6. The summed E-state index contributed by atoms with van der Waals surface area (Å²) in [4.78, 5) is 16.9. The fourth-order valence-electron chi connectivity index (χ4n) is 3.14. The second-order valence-electron chi connectivity index (χ2n) is 6.93. The number of nitrogens with zero attached hydrogens (tertiary/aromatic N) is 5. The number of nitrogens with one attached hydrogen (secondary N) is 1. The second-order valence-corrected chi connectivity index (χ2v) is 7.68. The average molecular weight is 490 g/mol. The van der Waals surface area contributed by atoms with Gasteiger partial charge in [-0.15, -0.1) is 5.10 Å². The summed E-state index contributed by atoms with van der Waals surface area (Å²) < 4.78 is 55.8. The Bertz CT molecular complexity index is 1330. The van der Waals surface area contributed by atoms with Crippen LogP contribution >= 0.6 is 11.5 Å². The van der Waals surface area contributed by atoms with E-state index in [0.717, 1.165) is 22.3 Å². The van der Waals surface area contributed by atoms with Crippen LogP contribution in [0.1, 0.15) is 21.6 Å². The van der Waals surface area contributed by atoms with E-state index in [1.165, 1.54) is 44.6 Å². The average Bonchev–Trinajstić information content (AvgIpc) is 3.44. The molecule has 2 aromatic heterocycles. The first-order valence-electron chi connectivity index (χ1n) is 9.68. The number of benzene rings is 2. The van der Waals surface area contributed by atoms with E-state index >= 15 is 0 Å². The molecule has 9 nitrogen and oxygen atoms in total. The number of ether oxygens (including phenoxy) is 2. The van der Waals surface area contributed by atoms with Crippen LogP contribution in [-0.2, 0) is 6.18 Å². The Balaban J connectivity index is 1.60. The lowest BCUT2D eigenvalue weighted by Gasteiger charge is -2.12. The summed E-state index contributed by atoms with van der Waals surface area (Å²) in [5.41, 5.74) is -0.232. The van der Waals surface area contributed by atoms with Crippen molar-refractivity contribution in [2.45, 2.75) is 13.1 Å². The first kappa shape index (κ1) is 23.2. The number of carbonyl (C=O) groups is 1. The molecule has 34 heavy (non-hydrogen) atoms. The lowest BCUT2D eigenvalue weighted by atomic mass is 10.1. The number of hydrogen-bond donors (Lipinski definition) is 1. The molecule has 2 aromatic carbocycles. The van der Waals surface area contributed by atoms with Crippen LogP contribution < -0.4 is 14.8 Å². The van der Waals surface area contributed by atoms with Gasteiger partial charge in [-0.2, -0.15) is 22.5 Å². The zero-order chi connectivity index (χ0) is 24.5. The van der Waals surface area contributed by atoms with Crippen molar-refractivity contribution in [3.8, 4) is 28.7 Å². The fourth-order valence-corrected chi connectivity index (χ4v) is 3.71. The van der Waals surface area contributed by atoms with Crippen LogP contribution in [0, 0.1) is 6.92 Å². The van der Waals surface area contributed by atoms with Crippen molar-refractivity contribution in [2.75, 3.05) is 19.5 Å². The van der Waals surface area contributed by atoms with Crippen LogP contribution in [0.5, 0.6) is 11.5 Å². The highest BCUT2D eigenvalue weighted by Crippen LogP contribution is 2.34. The Kier molecular flexibility index (Phi) is 6.20. The lowest BCUT2D eigenvalue weighted by molar-refractivity contribution is -0.137. The largest absolute Gasteiger partial charge is 0.497 e. The molecule has 176 valence electrons. The fraction of sp³-hybridized carbons (Fsp3) is 0.190. The molecule has 0 saturated carbocycles. The molecule has 0 aliphatic carbocycles. The smallest absolute Gasteiger partial charge is 0.418 e. The summed E-state index contributed by atoms with van der Waals surface area (Å²) in [5, 5.41) is 10.6. The summed E-state index contributed by atoms with van der Waals surface area (Å²) >= 11 is 0.896. The van der Waals surface area contributed by atoms with Crippen LogP contribution in [0.3, 0.4) is 0 Å². The number of anilines is 1. The maximum Gasteiger partial charge on any atom is 0.418 e. The summed E-state index contributed by atoms with van der Waals surface area (Å²) in [7, 11) is 2.94. The van der Waals surface area contributed by atoms with Crippen molar-refractivity contribution in [3.05, 3.63) is 59.3 Å². The molecular formula is C21H17F3N6O3S. The van der Waals surface area contributed by atoms with Crippen LogP contribution in [0.25, 0.3) is 17.2 Å².